The van der Waals surface area contributed by atoms with Gasteiger partial charge in [-0.2, -0.15) is 0 Å². The molecule has 0 radical (unpaired) electrons. The maximum absolute atomic E-state index is 12.0. The third-order valence-electron chi connectivity index (χ3n) is 2.56. The average Bonchev–Trinajstić information content (AvgIpc) is 2.89. The van der Waals surface area contributed by atoms with E-state index in [-0.39, 0.29) is 5.78 Å². The lowest BCUT2D eigenvalue weighted by molar-refractivity contribution is 0.0994. The fourth-order valence-corrected chi connectivity index (χ4v) is 2.33. The van der Waals surface area contributed by atoms with Crippen molar-refractivity contribution in [3.05, 3.63) is 52.2 Å². The molecule has 0 fully saturated rings. The molecule has 0 aliphatic rings. The van der Waals surface area contributed by atoms with Crippen LogP contribution in [0.2, 0.25) is 0 Å². The zero-order valence-corrected chi connectivity index (χ0v) is 11.2. The number of rotatable bonds is 6. The number of hydrogen-bond donors (Lipinski definition) is 0. The molecule has 0 amide bonds. The van der Waals surface area contributed by atoms with Crippen molar-refractivity contribution in [3.8, 4) is 5.75 Å². The van der Waals surface area contributed by atoms with E-state index >= 15 is 0 Å². The predicted molar refractivity (Wildman–Crippen MR) is 74.6 cm³/mol. The number of hydrogen-bond acceptors (Lipinski definition) is 3. The van der Waals surface area contributed by atoms with Crippen molar-refractivity contribution in [3.63, 3.8) is 0 Å². The molecule has 18 heavy (non-hydrogen) atoms. The fraction of sp³-hybridized carbons (Fsp3) is 0.267. The van der Waals surface area contributed by atoms with Gasteiger partial charge in [0.15, 0.2) is 5.78 Å². The summed E-state index contributed by atoms with van der Waals surface area (Å²) in [6.45, 7) is 2.78. The van der Waals surface area contributed by atoms with Crippen molar-refractivity contribution in [2.45, 2.75) is 19.8 Å². The van der Waals surface area contributed by atoms with Gasteiger partial charge in [-0.15, -0.1) is 11.3 Å². The number of carbonyl (C=O) groups excluding carboxylic acids is 1. The summed E-state index contributed by atoms with van der Waals surface area (Å²) in [5.41, 5.74) is 0.743. The molecule has 2 aromatic rings. The van der Waals surface area contributed by atoms with Gasteiger partial charge in [0.05, 0.1) is 6.61 Å². The molecule has 1 aromatic carbocycles. The number of benzene rings is 1. The minimum Gasteiger partial charge on any atom is -0.494 e. The quantitative estimate of drug-likeness (QED) is 0.735. The molecule has 1 aromatic heterocycles. The summed E-state index contributed by atoms with van der Waals surface area (Å²) in [5, 5.41) is 1.99. The van der Waals surface area contributed by atoms with Gasteiger partial charge in [-0.05, 0) is 42.1 Å². The lowest BCUT2D eigenvalue weighted by Gasteiger charge is -2.05. The minimum atomic E-state index is 0.152. The maximum atomic E-state index is 12.0. The van der Waals surface area contributed by atoms with Crippen LogP contribution in [-0.4, -0.2) is 12.4 Å². The van der Waals surface area contributed by atoms with Crippen molar-refractivity contribution in [1.29, 1.82) is 0 Å². The van der Waals surface area contributed by atoms with Gasteiger partial charge in [0, 0.05) is 16.9 Å². The Balaban J connectivity index is 1.98. The summed E-state index contributed by atoms with van der Waals surface area (Å²) in [4.78, 5) is 13.1. The molecule has 1 heterocycles. The first-order chi connectivity index (χ1) is 8.79. The molecule has 0 bridgehead atoms. The Morgan fingerprint density at radius 2 is 2.00 bits per heavy atom. The molecular formula is C15H16O2S. The minimum absolute atomic E-state index is 0.152. The standard InChI is InChI=1S/C15H16O2S/c1-2-9-17-13-7-5-12(6-8-13)15(16)11-14-4-3-10-18-14/h3-8,10H,2,9,11H2,1H3. The second kappa shape index (κ2) is 6.36. The van der Waals surface area contributed by atoms with Crippen LogP contribution in [0.4, 0.5) is 0 Å². The van der Waals surface area contributed by atoms with E-state index < -0.39 is 0 Å². The van der Waals surface area contributed by atoms with Crippen LogP contribution in [0.25, 0.3) is 0 Å². The van der Waals surface area contributed by atoms with Crippen LogP contribution in [0.3, 0.4) is 0 Å². The highest BCUT2D eigenvalue weighted by Gasteiger charge is 2.07. The fourth-order valence-electron chi connectivity index (χ4n) is 1.63. The van der Waals surface area contributed by atoms with Gasteiger partial charge in [-0.3, -0.25) is 4.79 Å². The van der Waals surface area contributed by atoms with Gasteiger partial charge in [0.1, 0.15) is 5.75 Å². The van der Waals surface area contributed by atoms with Crippen LogP contribution in [0.1, 0.15) is 28.6 Å². The van der Waals surface area contributed by atoms with Crippen molar-refractivity contribution >= 4 is 17.1 Å². The smallest absolute Gasteiger partial charge is 0.168 e. The molecule has 3 heteroatoms. The van der Waals surface area contributed by atoms with E-state index in [2.05, 4.69) is 6.92 Å². The SMILES string of the molecule is CCCOc1ccc(C(=O)Cc2cccs2)cc1. The summed E-state index contributed by atoms with van der Waals surface area (Å²) < 4.78 is 5.49. The summed E-state index contributed by atoms with van der Waals surface area (Å²) in [5.74, 6) is 0.976. The van der Waals surface area contributed by atoms with Crippen molar-refractivity contribution in [2.75, 3.05) is 6.61 Å². The summed E-state index contributed by atoms with van der Waals surface area (Å²) in [6.07, 6.45) is 1.46. The zero-order chi connectivity index (χ0) is 12.8. The number of Topliss-reactive ketones (excluding diaryl/α,β-unsaturated/α-hetero) is 1. The van der Waals surface area contributed by atoms with E-state index in [0.29, 0.717) is 13.0 Å². The van der Waals surface area contributed by atoms with Gasteiger partial charge in [0.2, 0.25) is 0 Å². The average molecular weight is 260 g/mol. The topological polar surface area (TPSA) is 26.3 Å². The number of thiophene rings is 1. The van der Waals surface area contributed by atoms with E-state index in [1.807, 2.05) is 41.8 Å². The normalized spacial score (nSPS) is 10.3. The monoisotopic (exact) mass is 260 g/mol. The highest BCUT2D eigenvalue weighted by molar-refractivity contribution is 7.10. The first-order valence-corrected chi connectivity index (χ1v) is 6.96. The third kappa shape index (κ3) is 3.44. The van der Waals surface area contributed by atoms with Crippen LogP contribution < -0.4 is 4.74 Å². The van der Waals surface area contributed by atoms with Crippen molar-refractivity contribution in [2.24, 2.45) is 0 Å². The summed E-state index contributed by atoms with van der Waals surface area (Å²) in [6, 6.07) is 11.3. The maximum Gasteiger partial charge on any atom is 0.168 e. The lowest BCUT2D eigenvalue weighted by Crippen LogP contribution is -2.02. The predicted octanol–water partition coefficient (Wildman–Crippen LogP) is 3.96. The van der Waals surface area contributed by atoms with E-state index in [4.69, 9.17) is 4.74 Å². The molecular weight excluding hydrogens is 244 g/mol. The molecule has 2 nitrogen and oxygen atoms in total. The lowest BCUT2D eigenvalue weighted by atomic mass is 10.1. The van der Waals surface area contributed by atoms with Crippen LogP contribution in [0.15, 0.2) is 41.8 Å². The molecule has 0 aliphatic carbocycles. The van der Waals surface area contributed by atoms with E-state index in [0.717, 1.165) is 22.6 Å². The molecule has 0 unspecified atom stereocenters. The molecule has 2 rings (SSSR count). The van der Waals surface area contributed by atoms with Gasteiger partial charge in [-0.1, -0.05) is 13.0 Å². The second-order valence-electron chi connectivity index (χ2n) is 4.05. The number of ether oxygens (including phenoxy) is 1. The second-order valence-corrected chi connectivity index (χ2v) is 5.08. The van der Waals surface area contributed by atoms with E-state index in [9.17, 15) is 4.79 Å². The summed E-state index contributed by atoms with van der Waals surface area (Å²) in [7, 11) is 0. The van der Waals surface area contributed by atoms with Crippen LogP contribution in [0, 0.1) is 0 Å². The summed E-state index contributed by atoms with van der Waals surface area (Å²) >= 11 is 1.61. The largest absolute Gasteiger partial charge is 0.494 e. The van der Waals surface area contributed by atoms with Crippen LogP contribution in [0.5, 0.6) is 5.75 Å². The zero-order valence-electron chi connectivity index (χ0n) is 10.4. The molecule has 0 atom stereocenters. The van der Waals surface area contributed by atoms with Crippen molar-refractivity contribution in [1.82, 2.24) is 0 Å². The Hall–Kier alpha value is -1.61. The highest BCUT2D eigenvalue weighted by atomic mass is 32.1. The van der Waals surface area contributed by atoms with Crippen LogP contribution >= 0.6 is 11.3 Å². The van der Waals surface area contributed by atoms with Gasteiger partial charge >= 0.3 is 0 Å². The van der Waals surface area contributed by atoms with E-state index in [1.54, 1.807) is 11.3 Å². The Morgan fingerprint density at radius 1 is 1.22 bits per heavy atom. The molecule has 0 N–H and O–H groups in total. The molecule has 0 saturated heterocycles. The first-order valence-electron chi connectivity index (χ1n) is 6.08. The Morgan fingerprint density at radius 3 is 2.61 bits per heavy atom. The van der Waals surface area contributed by atoms with Gasteiger partial charge in [-0.25, -0.2) is 0 Å². The number of carbonyl (C=O) groups is 1. The highest BCUT2D eigenvalue weighted by Crippen LogP contribution is 2.16. The number of ketones is 1. The first kappa shape index (κ1) is 12.8. The Kier molecular flexibility index (Phi) is 4.53. The molecule has 0 saturated carbocycles. The molecule has 94 valence electrons. The Labute approximate surface area is 111 Å². The van der Waals surface area contributed by atoms with E-state index in [1.165, 1.54) is 0 Å². The van der Waals surface area contributed by atoms with Crippen molar-refractivity contribution < 1.29 is 9.53 Å². The molecule has 0 aliphatic heterocycles. The Bertz CT molecular complexity index is 486. The third-order valence-corrected chi connectivity index (χ3v) is 3.44. The van der Waals surface area contributed by atoms with Crippen LogP contribution in [-0.2, 0) is 6.42 Å². The van der Waals surface area contributed by atoms with Gasteiger partial charge < -0.3 is 4.74 Å². The van der Waals surface area contributed by atoms with Gasteiger partial charge in [0.25, 0.3) is 0 Å². The molecule has 0 spiro atoms.